The van der Waals surface area contributed by atoms with Crippen molar-refractivity contribution in [3.05, 3.63) is 46.5 Å². The number of nitrogens with zero attached hydrogens (tertiary/aromatic N) is 2. The first kappa shape index (κ1) is 16.6. The Morgan fingerprint density at radius 2 is 2.04 bits per heavy atom. The molecule has 0 spiro atoms. The molecule has 126 valence electrons. The third-order valence-electron chi connectivity index (χ3n) is 3.98. The molecule has 1 aromatic heterocycles. The van der Waals surface area contributed by atoms with E-state index in [0.29, 0.717) is 36.3 Å². The molecule has 1 aliphatic rings. The molecule has 0 radical (unpaired) electrons. The summed E-state index contributed by atoms with van der Waals surface area (Å²) in [5, 5.41) is 4.97. The SMILES string of the molecule is CC(C)CC(=O)Nc1nc(C(=O)N2CCc3ccccc3C2)cs1. The largest absolute Gasteiger partial charge is 0.333 e. The lowest BCUT2D eigenvalue weighted by Crippen LogP contribution is -2.36. The van der Waals surface area contributed by atoms with Gasteiger partial charge >= 0.3 is 0 Å². The number of carbonyl (C=O) groups is 2. The van der Waals surface area contributed by atoms with Gasteiger partial charge in [0.05, 0.1) is 0 Å². The summed E-state index contributed by atoms with van der Waals surface area (Å²) >= 11 is 1.29. The normalized spacial score (nSPS) is 13.7. The Kier molecular flexibility index (Phi) is 4.94. The molecule has 0 aliphatic carbocycles. The second-order valence-electron chi connectivity index (χ2n) is 6.43. The predicted octanol–water partition coefficient (Wildman–Crippen LogP) is 3.33. The highest BCUT2D eigenvalue weighted by Gasteiger charge is 2.23. The molecule has 3 rings (SSSR count). The predicted molar refractivity (Wildman–Crippen MR) is 95.1 cm³/mol. The number of rotatable bonds is 4. The molecule has 1 aliphatic heterocycles. The van der Waals surface area contributed by atoms with E-state index in [4.69, 9.17) is 0 Å². The van der Waals surface area contributed by atoms with E-state index in [0.717, 1.165) is 6.42 Å². The second kappa shape index (κ2) is 7.13. The van der Waals surface area contributed by atoms with Gasteiger partial charge in [0, 0.05) is 24.9 Å². The summed E-state index contributed by atoms with van der Waals surface area (Å²) in [6, 6.07) is 8.20. The fourth-order valence-corrected chi connectivity index (χ4v) is 3.50. The van der Waals surface area contributed by atoms with Gasteiger partial charge in [-0.15, -0.1) is 11.3 Å². The van der Waals surface area contributed by atoms with Crippen LogP contribution in [0.5, 0.6) is 0 Å². The van der Waals surface area contributed by atoms with Gasteiger partial charge < -0.3 is 10.2 Å². The molecule has 5 nitrogen and oxygen atoms in total. The van der Waals surface area contributed by atoms with Crippen molar-refractivity contribution in [2.45, 2.75) is 33.2 Å². The Bertz CT molecular complexity index is 754. The van der Waals surface area contributed by atoms with Crippen LogP contribution in [-0.4, -0.2) is 28.2 Å². The summed E-state index contributed by atoms with van der Waals surface area (Å²) < 4.78 is 0. The fourth-order valence-electron chi connectivity index (χ4n) is 2.80. The minimum absolute atomic E-state index is 0.0646. The monoisotopic (exact) mass is 343 g/mol. The Morgan fingerprint density at radius 1 is 1.29 bits per heavy atom. The van der Waals surface area contributed by atoms with Crippen molar-refractivity contribution in [3.8, 4) is 0 Å². The van der Waals surface area contributed by atoms with Crippen molar-refractivity contribution < 1.29 is 9.59 Å². The molecule has 24 heavy (non-hydrogen) atoms. The molecule has 1 aromatic carbocycles. The topological polar surface area (TPSA) is 62.3 Å². The third-order valence-corrected chi connectivity index (χ3v) is 4.74. The van der Waals surface area contributed by atoms with Crippen LogP contribution in [0.2, 0.25) is 0 Å². The van der Waals surface area contributed by atoms with Crippen molar-refractivity contribution in [2.75, 3.05) is 11.9 Å². The van der Waals surface area contributed by atoms with Crippen LogP contribution < -0.4 is 5.32 Å². The van der Waals surface area contributed by atoms with Crippen LogP contribution in [0, 0.1) is 5.92 Å². The molecule has 0 unspecified atom stereocenters. The number of aromatic nitrogens is 1. The standard InChI is InChI=1S/C18H21N3O2S/c1-12(2)9-16(22)20-18-19-15(11-24-18)17(23)21-8-7-13-5-3-4-6-14(13)10-21/h3-6,11-12H,7-10H2,1-2H3,(H,19,20,22). The van der Waals surface area contributed by atoms with Crippen LogP contribution in [0.4, 0.5) is 5.13 Å². The molecule has 6 heteroatoms. The number of anilines is 1. The van der Waals surface area contributed by atoms with Gasteiger partial charge in [-0.3, -0.25) is 9.59 Å². The number of fused-ring (bicyclic) bond motifs is 1. The summed E-state index contributed by atoms with van der Waals surface area (Å²) in [5.74, 6) is 0.148. The van der Waals surface area contributed by atoms with E-state index in [1.807, 2.05) is 30.9 Å². The number of nitrogens with one attached hydrogen (secondary N) is 1. The number of carbonyl (C=O) groups excluding carboxylic acids is 2. The van der Waals surface area contributed by atoms with E-state index in [9.17, 15) is 9.59 Å². The highest BCUT2D eigenvalue weighted by molar-refractivity contribution is 7.14. The Hall–Kier alpha value is -2.21. The molecule has 1 N–H and O–H groups in total. The lowest BCUT2D eigenvalue weighted by Gasteiger charge is -2.28. The van der Waals surface area contributed by atoms with Gasteiger partial charge in [0.1, 0.15) is 5.69 Å². The van der Waals surface area contributed by atoms with Gasteiger partial charge in [0.15, 0.2) is 5.13 Å². The number of hydrogen-bond acceptors (Lipinski definition) is 4. The van der Waals surface area contributed by atoms with Crippen molar-refractivity contribution in [2.24, 2.45) is 5.92 Å². The van der Waals surface area contributed by atoms with Crippen molar-refractivity contribution in [3.63, 3.8) is 0 Å². The number of amides is 2. The average molecular weight is 343 g/mol. The van der Waals surface area contributed by atoms with Crippen molar-refractivity contribution in [1.29, 1.82) is 0 Å². The highest BCUT2D eigenvalue weighted by atomic mass is 32.1. The first-order valence-corrected chi connectivity index (χ1v) is 9.02. The highest BCUT2D eigenvalue weighted by Crippen LogP contribution is 2.22. The van der Waals surface area contributed by atoms with Gasteiger partial charge in [-0.1, -0.05) is 38.1 Å². The maximum Gasteiger partial charge on any atom is 0.273 e. The van der Waals surface area contributed by atoms with Crippen LogP contribution in [0.25, 0.3) is 0 Å². The first-order chi connectivity index (χ1) is 11.5. The van der Waals surface area contributed by atoms with E-state index >= 15 is 0 Å². The van der Waals surface area contributed by atoms with Gasteiger partial charge in [-0.2, -0.15) is 0 Å². The summed E-state index contributed by atoms with van der Waals surface area (Å²) in [5.41, 5.74) is 2.90. The smallest absolute Gasteiger partial charge is 0.273 e. The van der Waals surface area contributed by atoms with E-state index in [2.05, 4.69) is 22.4 Å². The maximum atomic E-state index is 12.6. The summed E-state index contributed by atoms with van der Waals surface area (Å²) in [6.45, 7) is 5.29. The zero-order chi connectivity index (χ0) is 17.1. The molecule has 0 fully saturated rings. The van der Waals surface area contributed by atoms with Gasteiger partial charge in [-0.25, -0.2) is 4.98 Å². The van der Waals surface area contributed by atoms with Crippen molar-refractivity contribution in [1.82, 2.24) is 9.88 Å². The average Bonchev–Trinajstić information content (AvgIpc) is 3.01. The third kappa shape index (κ3) is 3.82. The van der Waals surface area contributed by atoms with Gasteiger partial charge in [0.2, 0.25) is 5.91 Å². The molecule has 2 aromatic rings. The quantitative estimate of drug-likeness (QED) is 0.926. The molecule has 0 bridgehead atoms. The van der Waals surface area contributed by atoms with Gasteiger partial charge in [0.25, 0.3) is 5.91 Å². The van der Waals surface area contributed by atoms with Gasteiger partial charge in [-0.05, 0) is 23.5 Å². The Balaban J connectivity index is 1.65. The summed E-state index contributed by atoms with van der Waals surface area (Å²) in [7, 11) is 0. The molecule has 0 atom stereocenters. The minimum atomic E-state index is -0.0786. The van der Waals surface area contributed by atoms with Crippen LogP contribution in [-0.2, 0) is 17.8 Å². The fraction of sp³-hybridized carbons (Fsp3) is 0.389. The number of benzene rings is 1. The molecule has 0 saturated heterocycles. The van der Waals surface area contributed by atoms with Crippen LogP contribution in [0.15, 0.2) is 29.6 Å². The van der Waals surface area contributed by atoms with E-state index < -0.39 is 0 Å². The number of thiazole rings is 1. The Morgan fingerprint density at radius 3 is 2.79 bits per heavy atom. The molecular weight excluding hydrogens is 322 g/mol. The number of hydrogen-bond donors (Lipinski definition) is 1. The zero-order valence-electron chi connectivity index (χ0n) is 13.9. The molecule has 0 saturated carbocycles. The summed E-state index contributed by atoms with van der Waals surface area (Å²) in [6.07, 6.45) is 1.32. The molecule has 2 amide bonds. The van der Waals surface area contributed by atoms with Crippen molar-refractivity contribution >= 4 is 28.3 Å². The first-order valence-electron chi connectivity index (χ1n) is 8.14. The maximum absolute atomic E-state index is 12.6. The molecule has 2 heterocycles. The lowest BCUT2D eigenvalue weighted by atomic mass is 10.00. The summed E-state index contributed by atoms with van der Waals surface area (Å²) in [4.78, 5) is 30.5. The second-order valence-corrected chi connectivity index (χ2v) is 7.29. The van der Waals surface area contributed by atoms with Crippen LogP contribution >= 0.6 is 11.3 Å². The van der Waals surface area contributed by atoms with E-state index in [1.165, 1.54) is 22.5 Å². The lowest BCUT2D eigenvalue weighted by molar-refractivity contribution is -0.116. The zero-order valence-corrected chi connectivity index (χ0v) is 14.7. The van der Waals surface area contributed by atoms with Crippen LogP contribution in [0.3, 0.4) is 0 Å². The Labute approximate surface area is 145 Å². The minimum Gasteiger partial charge on any atom is -0.333 e. The van der Waals surface area contributed by atoms with E-state index in [1.54, 1.807) is 5.38 Å². The molecular formula is C18H21N3O2S. The van der Waals surface area contributed by atoms with E-state index in [-0.39, 0.29) is 11.8 Å². The van der Waals surface area contributed by atoms with Crippen LogP contribution in [0.1, 0.15) is 41.9 Å².